The smallest absolute Gasteiger partial charge is 0.259 e. The predicted molar refractivity (Wildman–Crippen MR) is 83.7 cm³/mol. The van der Waals surface area contributed by atoms with E-state index < -0.39 is 0 Å². The number of anilines is 1. The van der Waals surface area contributed by atoms with Gasteiger partial charge in [0.05, 0.1) is 5.56 Å². The second-order valence-electron chi connectivity index (χ2n) is 4.46. The molecule has 1 aliphatic rings. The van der Waals surface area contributed by atoms with Gasteiger partial charge in [0.25, 0.3) is 5.91 Å². The van der Waals surface area contributed by atoms with Crippen LogP contribution in [0.1, 0.15) is 15.9 Å². The number of para-hydroxylation sites is 1. The van der Waals surface area contributed by atoms with E-state index in [-0.39, 0.29) is 5.91 Å². The molecule has 2 nitrogen and oxygen atoms in total. The highest BCUT2D eigenvalue weighted by molar-refractivity contribution is 9.11. The summed E-state index contributed by atoms with van der Waals surface area (Å²) in [6.07, 6.45) is 0.927. The fourth-order valence-electron chi connectivity index (χ4n) is 2.36. The van der Waals surface area contributed by atoms with Crippen LogP contribution in [-0.2, 0) is 6.42 Å². The van der Waals surface area contributed by atoms with Gasteiger partial charge in [0.1, 0.15) is 0 Å². The van der Waals surface area contributed by atoms with E-state index in [0.717, 1.165) is 27.6 Å². The van der Waals surface area contributed by atoms with Crippen LogP contribution in [0.15, 0.2) is 51.4 Å². The van der Waals surface area contributed by atoms with Gasteiger partial charge in [-0.15, -0.1) is 0 Å². The largest absolute Gasteiger partial charge is 0.308 e. The summed E-state index contributed by atoms with van der Waals surface area (Å²) >= 11 is 6.86. The molecule has 0 unspecified atom stereocenters. The molecule has 1 amide bonds. The van der Waals surface area contributed by atoms with Crippen LogP contribution in [0.25, 0.3) is 0 Å². The minimum absolute atomic E-state index is 0.0457. The number of hydrogen-bond acceptors (Lipinski definition) is 1. The summed E-state index contributed by atoms with van der Waals surface area (Å²) in [6, 6.07) is 13.7. The van der Waals surface area contributed by atoms with E-state index in [1.165, 1.54) is 5.56 Å². The molecular weight excluding hydrogens is 370 g/mol. The molecule has 2 aromatic carbocycles. The Morgan fingerprint density at radius 1 is 1.11 bits per heavy atom. The number of hydrogen-bond donors (Lipinski definition) is 0. The zero-order chi connectivity index (χ0) is 13.4. The van der Waals surface area contributed by atoms with Gasteiger partial charge >= 0.3 is 0 Å². The first-order valence-electron chi connectivity index (χ1n) is 6.01. The Bertz CT molecular complexity index is 654. The van der Waals surface area contributed by atoms with Crippen LogP contribution in [0, 0.1) is 0 Å². The SMILES string of the molecule is O=C(c1ccc(Br)cc1Br)N1CCc2ccccc21. The van der Waals surface area contributed by atoms with Gasteiger partial charge < -0.3 is 4.90 Å². The maximum atomic E-state index is 12.6. The number of halogens is 2. The Hall–Kier alpha value is -1.13. The van der Waals surface area contributed by atoms with Gasteiger partial charge in [-0.1, -0.05) is 34.1 Å². The van der Waals surface area contributed by atoms with Crippen LogP contribution in [0.4, 0.5) is 5.69 Å². The van der Waals surface area contributed by atoms with Crippen molar-refractivity contribution >= 4 is 43.5 Å². The maximum absolute atomic E-state index is 12.6. The Kier molecular flexibility index (Phi) is 3.46. The summed E-state index contributed by atoms with van der Waals surface area (Å²) in [5.74, 6) is 0.0457. The summed E-state index contributed by atoms with van der Waals surface area (Å²) in [5, 5.41) is 0. The molecule has 0 atom stereocenters. The van der Waals surface area contributed by atoms with Gasteiger partial charge in [-0.25, -0.2) is 0 Å². The number of fused-ring (bicyclic) bond motifs is 1. The van der Waals surface area contributed by atoms with Crippen molar-refractivity contribution in [2.75, 3.05) is 11.4 Å². The van der Waals surface area contributed by atoms with Crippen LogP contribution in [0.5, 0.6) is 0 Å². The molecule has 0 bridgehead atoms. The molecule has 0 radical (unpaired) electrons. The second-order valence-corrected chi connectivity index (χ2v) is 6.23. The Balaban J connectivity index is 1.98. The molecule has 1 heterocycles. The van der Waals surface area contributed by atoms with E-state index in [4.69, 9.17) is 0 Å². The lowest BCUT2D eigenvalue weighted by Crippen LogP contribution is -2.29. The molecule has 0 spiro atoms. The van der Waals surface area contributed by atoms with Crippen molar-refractivity contribution in [3.63, 3.8) is 0 Å². The predicted octanol–water partition coefficient (Wildman–Crippen LogP) is 4.41. The van der Waals surface area contributed by atoms with Crippen molar-refractivity contribution < 1.29 is 4.79 Å². The third-order valence-corrected chi connectivity index (χ3v) is 4.44. The van der Waals surface area contributed by atoms with Crippen molar-refractivity contribution in [3.05, 3.63) is 62.5 Å². The Morgan fingerprint density at radius 3 is 2.68 bits per heavy atom. The summed E-state index contributed by atoms with van der Waals surface area (Å²) in [6.45, 7) is 0.751. The zero-order valence-electron chi connectivity index (χ0n) is 10.1. The van der Waals surface area contributed by atoms with Crippen LogP contribution in [0.3, 0.4) is 0 Å². The standard InChI is InChI=1S/C15H11Br2NO/c16-11-5-6-12(13(17)9-11)15(19)18-8-7-10-3-1-2-4-14(10)18/h1-6,9H,7-8H2. The van der Waals surface area contributed by atoms with Crippen molar-refractivity contribution in [1.82, 2.24) is 0 Å². The number of amides is 1. The third kappa shape index (κ3) is 2.35. The highest BCUT2D eigenvalue weighted by Gasteiger charge is 2.26. The van der Waals surface area contributed by atoms with E-state index in [0.29, 0.717) is 5.56 Å². The highest BCUT2D eigenvalue weighted by Crippen LogP contribution is 2.31. The van der Waals surface area contributed by atoms with Gasteiger partial charge in [0.15, 0.2) is 0 Å². The van der Waals surface area contributed by atoms with Gasteiger partial charge in [0.2, 0.25) is 0 Å². The Labute approximate surface area is 128 Å². The number of carbonyl (C=O) groups excluding carboxylic acids is 1. The van der Waals surface area contributed by atoms with E-state index >= 15 is 0 Å². The van der Waals surface area contributed by atoms with Gasteiger partial charge in [0, 0.05) is 21.2 Å². The highest BCUT2D eigenvalue weighted by atomic mass is 79.9. The molecule has 0 aliphatic carbocycles. The number of nitrogens with zero attached hydrogens (tertiary/aromatic N) is 1. The first-order valence-corrected chi connectivity index (χ1v) is 7.60. The monoisotopic (exact) mass is 379 g/mol. The number of carbonyl (C=O) groups is 1. The molecule has 0 saturated heterocycles. The van der Waals surface area contributed by atoms with Crippen molar-refractivity contribution in [3.8, 4) is 0 Å². The van der Waals surface area contributed by atoms with Crippen LogP contribution >= 0.6 is 31.9 Å². The molecule has 0 aromatic heterocycles. The normalized spacial score (nSPS) is 13.5. The molecular formula is C15H11Br2NO. The van der Waals surface area contributed by atoms with E-state index in [9.17, 15) is 4.79 Å². The third-order valence-electron chi connectivity index (χ3n) is 3.29. The minimum atomic E-state index is 0.0457. The van der Waals surface area contributed by atoms with Crippen molar-refractivity contribution in [2.24, 2.45) is 0 Å². The molecule has 3 rings (SSSR count). The van der Waals surface area contributed by atoms with Crippen molar-refractivity contribution in [1.29, 1.82) is 0 Å². The van der Waals surface area contributed by atoms with Crippen LogP contribution < -0.4 is 4.90 Å². The summed E-state index contributed by atoms with van der Waals surface area (Å²) < 4.78 is 1.77. The fourth-order valence-corrected chi connectivity index (χ4v) is 3.57. The summed E-state index contributed by atoms with van der Waals surface area (Å²) in [7, 11) is 0. The molecule has 0 fully saturated rings. The first-order chi connectivity index (χ1) is 9.16. The second kappa shape index (κ2) is 5.10. The molecule has 4 heteroatoms. The summed E-state index contributed by atoms with van der Waals surface area (Å²) in [4.78, 5) is 14.5. The fraction of sp³-hybridized carbons (Fsp3) is 0.133. The Morgan fingerprint density at radius 2 is 1.89 bits per heavy atom. The van der Waals surface area contributed by atoms with E-state index in [1.54, 1.807) is 0 Å². The van der Waals surface area contributed by atoms with E-state index in [1.807, 2.05) is 41.3 Å². The zero-order valence-corrected chi connectivity index (χ0v) is 13.2. The molecule has 2 aromatic rings. The first kappa shape index (κ1) is 12.9. The average molecular weight is 381 g/mol. The minimum Gasteiger partial charge on any atom is -0.308 e. The van der Waals surface area contributed by atoms with Crippen LogP contribution in [-0.4, -0.2) is 12.5 Å². The number of rotatable bonds is 1. The lowest BCUT2D eigenvalue weighted by molar-refractivity contribution is 0.0988. The van der Waals surface area contributed by atoms with Crippen molar-refractivity contribution in [2.45, 2.75) is 6.42 Å². The lowest BCUT2D eigenvalue weighted by atomic mass is 10.1. The summed E-state index contributed by atoms with van der Waals surface area (Å²) in [5.41, 5.74) is 2.96. The molecule has 96 valence electrons. The van der Waals surface area contributed by atoms with E-state index in [2.05, 4.69) is 37.9 Å². The molecule has 0 saturated carbocycles. The van der Waals surface area contributed by atoms with Gasteiger partial charge in [-0.3, -0.25) is 4.79 Å². The number of benzene rings is 2. The molecule has 19 heavy (non-hydrogen) atoms. The molecule has 0 N–H and O–H groups in total. The van der Waals surface area contributed by atoms with Gasteiger partial charge in [-0.05, 0) is 52.2 Å². The van der Waals surface area contributed by atoms with Gasteiger partial charge in [-0.2, -0.15) is 0 Å². The molecule has 1 aliphatic heterocycles. The average Bonchev–Trinajstić information content (AvgIpc) is 2.82. The lowest BCUT2D eigenvalue weighted by Gasteiger charge is -2.18. The topological polar surface area (TPSA) is 20.3 Å². The quantitative estimate of drug-likeness (QED) is 0.717. The maximum Gasteiger partial charge on any atom is 0.259 e. The van der Waals surface area contributed by atoms with Crippen LogP contribution in [0.2, 0.25) is 0 Å².